The molecule has 7 nitrogen and oxygen atoms in total. The first kappa shape index (κ1) is 17.1. The zero-order valence-corrected chi connectivity index (χ0v) is 16.2. The van der Waals surface area contributed by atoms with Crippen molar-refractivity contribution in [3.8, 4) is 0 Å². The van der Waals surface area contributed by atoms with Gasteiger partial charge in [-0.3, -0.25) is 14.0 Å². The normalized spacial score (nSPS) is 17.5. The van der Waals surface area contributed by atoms with Crippen molar-refractivity contribution in [2.24, 2.45) is 7.05 Å². The number of carbonyl (C=O) groups is 1. The summed E-state index contributed by atoms with van der Waals surface area (Å²) in [6.07, 6.45) is 4.93. The van der Waals surface area contributed by atoms with Crippen LogP contribution in [0.1, 0.15) is 34.9 Å². The highest BCUT2D eigenvalue weighted by Crippen LogP contribution is 2.29. The second-order valence-electron chi connectivity index (χ2n) is 7.14. The molecule has 4 aromatic rings. The molecule has 0 aliphatic carbocycles. The maximum atomic E-state index is 13.1. The molecular weight excluding hydrogens is 374 g/mol. The Morgan fingerprint density at radius 2 is 2.14 bits per heavy atom. The smallest absolute Gasteiger partial charge is 0.271 e. The number of piperidine rings is 1. The molecule has 0 spiro atoms. The zero-order valence-electron chi connectivity index (χ0n) is 15.4. The van der Waals surface area contributed by atoms with Crippen LogP contribution in [0, 0.1) is 0 Å². The Kier molecular flexibility index (Phi) is 4.01. The Morgan fingerprint density at radius 1 is 1.29 bits per heavy atom. The SMILES string of the molecule is Cn1c(C2CCCN(C(=O)c3cnc4sccn4c3=O)C2)nc2ccccc21. The van der Waals surface area contributed by atoms with Gasteiger partial charge in [-0.2, -0.15) is 0 Å². The maximum Gasteiger partial charge on any atom is 0.271 e. The summed E-state index contributed by atoms with van der Waals surface area (Å²) in [4.78, 5) is 37.2. The van der Waals surface area contributed by atoms with E-state index in [0.29, 0.717) is 18.1 Å². The first-order valence-electron chi connectivity index (χ1n) is 9.29. The predicted molar refractivity (Wildman–Crippen MR) is 108 cm³/mol. The number of imidazole rings is 1. The van der Waals surface area contributed by atoms with Gasteiger partial charge in [0.25, 0.3) is 11.5 Å². The third-order valence-corrected chi connectivity index (χ3v) is 6.24. The molecule has 8 heteroatoms. The Bertz CT molecular complexity index is 1250. The van der Waals surface area contributed by atoms with Crippen LogP contribution in [0.4, 0.5) is 0 Å². The van der Waals surface area contributed by atoms with E-state index in [-0.39, 0.29) is 22.9 Å². The quantitative estimate of drug-likeness (QED) is 0.525. The van der Waals surface area contributed by atoms with E-state index in [0.717, 1.165) is 29.7 Å². The molecule has 1 saturated heterocycles. The Morgan fingerprint density at radius 3 is 3.00 bits per heavy atom. The zero-order chi connectivity index (χ0) is 19.3. The van der Waals surface area contributed by atoms with E-state index in [1.807, 2.05) is 25.2 Å². The van der Waals surface area contributed by atoms with Gasteiger partial charge in [-0.25, -0.2) is 9.97 Å². The number of fused-ring (bicyclic) bond motifs is 2. The molecule has 1 aliphatic rings. The van der Waals surface area contributed by atoms with E-state index in [4.69, 9.17) is 4.98 Å². The van der Waals surface area contributed by atoms with Crippen LogP contribution in [0.25, 0.3) is 16.0 Å². The molecule has 3 aromatic heterocycles. The van der Waals surface area contributed by atoms with Gasteiger partial charge in [-0.05, 0) is 25.0 Å². The molecule has 0 radical (unpaired) electrons. The largest absolute Gasteiger partial charge is 0.338 e. The monoisotopic (exact) mass is 393 g/mol. The number of nitrogens with zero attached hydrogens (tertiary/aromatic N) is 5. The number of thiazole rings is 1. The number of likely N-dealkylation sites (tertiary alicyclic amines) is 1. The Labute approximate surface area is 164 Å². The Hall–Kier alpha value is -3.00. The minimum absolute atomic E-state index is 0.126. The summed E-state index contributed by atoms with van der Waals surface area (Å²) in [6.45, 7) is 1.20. The highest BCUT2D eigenvalue weighted by atomic mass is 32.1. The number of hydrogen-bond acceptors (Lipinski definition) is 5. The molecule has 0 bridgehead atoms. The number of rotatable bonds is 2. The summed E-state index contributed by atoms with van der Waals surface area (Å²) in [7, 11) is 2.02. The number of amides is 1. The topological polar surface area (TPSA) is 72.5 Å². The molecule has 5 rings (SSSR count). The minimum Gasteiger partial charge on any atom is -0.338 e. The fraction of sp³-hybridized carbons (Fsp3) is 0.300. The third kappa shape index (κ3) is 2.63. The van der Waals surface area contributed by atoms with Crippen LogP contribution < -0.4 is 5.56 Å². The minimum atomic E-state index is -0.305. The van der Waals surface area contributed by atoms with Crippen LogP contribution in [0.2, 0.25) is 0 Å². The van der Waals surface area contributed by atoms with Crippen molar-refractivity contribution in [3.63, 3.8) is 0 Å². The lowest BCUT2D eigenvalue weighted by molar-refractivity contribution is 0.0701. The molecule has 0 saturated carbocycles. The van der Waals surface area contributed by atoms with Gasteiger partial charge in [-0.1, -0.05) is 12.1 Å². The number of hydrogen-bond donors (Lipinski definition) is 0. The van der Waals surface area contributed by atoms with Crippen molar-refractivity contribution in [3.05, 3.63) is 63.8 Å². The lowest BCUT2D eigenvalue weighted by atomic mass is 9.96. The van der Waals surface area contributed by atoms with Crippen LogP contribution in [0.15, 0.2) is 46.8 Å². The van der Waals surface area contributed by atoms with Crippen molar-refractivity contribution < 1.29 is 4.79 Å². The molecule has 1 fully saturated rings. The molecule has 28 heavy (non-hydrogen) atoms. The maximum absolute atomic E-state index is 13.1. The van der Waals surface area contributed by atoms with Gasteiger partial charge in [0.1, 0.15) is 11.4 Å². The number of aryl methyl sites for hydroxylation is 1. The van der Waals surface area contributed by atoms with Gasteiger partial charge in [0.15, 0.2) is 4.96 Å². The summed E-state index contributed by atoms with van der Waals surface area (Å²) in [6, 6.07) is 8.05. The van der Waals surface area contributed by atoms with Gasteiger partial charge >= 0.3 is 0 Å². The Balaban J connectivity index is 1.46. The summed E-state index contributed by atoms with van der Waals surface area (Å²) >= 11 is 1.37. The van der Waals surface area contributed by atoms with Gasteiger partial charge in [0, 0.05) is 43.8 Å². The van der Waals surface area contributed by atoms with Crippen LogP contribution in [-0.2, 0) is 7.05 Å². The van der Waals surface area contributed by atoms with Gasteiger partial charge in [-0.15, -0.1) is 11.3 Å². The van der Waals surface area contributed by atoms with Crippen molar-refractivity contribution in [2.75, 3.05) is 13.1 Å². The van der Waals surface area contributed by atoms with Crippen molar-refractivity contribution in [1.82, 2.24) is 23.8 Å². The first-order valence-corrected chi connectivity index (χ1v) is 10.2. The standard InChI is InChI=1S/C20H19N5O2S/c1-23-16-7-3-2-6-15(16)22-17(23)13-5-4-8-24(12-13)18(26)14-11-21-20-25(19(14)27)9-10-28-20/h2-3,6-7,9-11,13H,4-5,8,12H2,1H3. The second-order valence-corrected chi connectivity index (χ2v) is 8.01. The van der Waals surface area contributed by atoms with Crippen molar-refractivity contribution in [2.45, 2.75) is 18.8 Å². The summed E-state index contributed by atoms with van der Waals surface area (Å²) < 4.78 is 3.55. The van der Waals surface area contributed by atoms with E-state index in [2.05, 4.69) is 15.6 Å². The molecule has 4 heterocycles. The van der Waals surface area contributed by atoms with Crippen LogP contribution in [-0.4, -0.2) is 42.8 Å². The summed E-state index contributed by atoms with van der Waals surface area (Å²) in [5, 5.41) is 1.79. The molecule has 1 amide bonds. The lowest BCUT2D eigenvalue weighted by Gasteiger charge is -2.32. The van der Waals surface area contributed by atoms with Gasteiger partial charge < -0.3 is 9.47 Å². The molecule has 1 aliphatic heterocycles. The van der Waals surface area contributed by atoms with Gasteiger partial charge in [0.05, 0.1) is 11.0 Å². The summed E-state index contributed by atoms with van der Waals surface area (Å²) in [5.41, 5.74) is 1.88. The second kappa shape index (κ2) is 6.56. The fourth-order valence-corrected chi connectivity index (χ4v) is 4.72. The van der Waals surface area contributed by atoms with E-state index in [1.165, 1.54) is 21.9 Å². The van der Waals surface area contributed by atoms with Crippen LogP contribution >= 0.6 is 11.3 Å². The number of para-hydroxylation sites is 2. The average molecular weight is 393 g/mol. The number of carbonyl (C=O) groups excluding carboxylic acids is 1. The predicted octanol–water partition coefficient (Wildman–Crippen LogP) is 2.66. The fourth-order valence-electron chi connectivity index (χ4n) is 4.04. The first-order chi connectivity index (χ1) is 13.6. The third-order valence-electron chi connectivity index (χ3n) is 5.47. The van der Waals surface area contributed by atoms with Crippen molar-refractivity contribution >= 4 is 33.2 Å². The molecule has 1 atom stereocenters. The molecule has 142 valence electrons. The number of benzene rings is 1. The van der Waals surface area contributed by atoms with Gasteiger partial charge in [0.2, 0.25) is 0 Å². The highest BCUT2D eigenvalue weighted by molar-refractivity contribution is 7.15. The summed E-state index contributed by atoms with van der Waals surface area (Å²) in [5.74, 6) is 0.888. The lowest BCUT2D eigenvalue weighted by Crippen LogP contribution is -2.42. The molecule has 1 unspecified atom stereocenters. The average Bonchev–Trinajstić information content (AvgIpc) is 3.34. The van der Waals surface area contributed by atoms with E-state index >= 15 is 0 Å². The van der Waals surface area contributed by atoms with Crippen LogP contribution in [0.3, 0.4) is 0 Å². The van der Waals surface area contributed by atoms with Crippen LogP contribution in [0.5, 0.6) is 0 Å². The number of aromatic nitrogens is 4. The molecule has 0 N–H and O–H groups in total. The van der Waals surface area contributed by atoms with E-state index in [9.17, 15) is 9.59 Å². The molecular formula is C20H19N5O2S. The highest BCUT2D eigenvalue weighted by Gasteiger charge is 2.30. The van der Waals surface area contributed by atoms with E-state index < -0.39 is 0 Å². The van der Waals surface area contributed by atoms with Crippen molar-refractivity contribution in [1.29, 1.82) is 0 Å². The van der Waals surface area contributed by atoms with E-state index in [1.54, 1.807) is 16.5 Å². The molecule has 1 aromatic carbocycles.